The average Bonchev–Trinajstić information content (AvgIpc) is 2.74. The molecule has 3 unspecified atom stereocenters. The molecule has 4 rings (SSSR count). The van der Waals surface area contributed by atoms with E-state index in [9.17, 15) is 0 Å². The van der Waals surface area contributed by atoms with Crippen LogP contribution in [0, 0.1) is 11.8 Å². The van der Waals surface area contributed by atoms with Crippen molar-refractivity contribution in [3.8, 4) is 5.75 Å². The highest BCUT2D eigenvalue weighted by molar-refractivity contribution is 5.28. The van der Waals surface area contributed by atoms with Crippen molar-refractivity contribution in [3.63, 3.8) is 0 Å². The summed E-state index contributed by atoms with van der Waals surface area (Å²) in [6.07, 6.45) is 12.1. The van der Waals surface area contributed by atoms with Crippen molar-refractivity contribution < 1.29 is 9.47 Å². The van der Waals surface area contributed by atoms with Gasteiger partial charge in [0.05, 0.1) is 6.10 Å². The van der Waals surface area contributed by atoms with Crippen molar-refractivity contribution in [1.82, 2.24) is 0 Å². The van der Waals surface area contributed by atoms with Crippen LogP contribution in [0.15, 0.2) is 54.6 Å². The Kier molecular flexibility index (Phi) is 6.47. The van der Waals surface area contributed by atoms with E-state index < -0.39 is 0 Å². The van der Waals surface area contributed by atoms with Crippen LogP contribution in [0.1, 0.15) is 56.1 Å². The Hall–Kier alpha value is -1.80. The highest BCUT2D eigenvalue weighted by Gasteiger charge is 2.32. The van der Waals surface area contributed by atoms with Crippen LogP contribution in [0.4, 0.5) is 0 Å². The molecule has 0 radical (unpaired) electrons. The zero-order chi connectivity index (χ0) is 18.3. The van der Waals surface area contributed by atoms with Crippen molar-refractivity contribution >= 4 is 0 Å². The quantitative estimate of drug-likeness (QED) is 0.546. The smallest absolute Gasteiger partial charge is 0.189 e. The van der Waals surface area contributed by atoms with E-state index in [1.807, 2.05) is 0 Å². The van der Waals surface area contributed by atoms with E-state index >= 15 is 0 Å². The summed E-state index contributed by atoms with van der Waals surface area (Å²) in [6, 6.07) is 19.1. The molecule has 2 saturated carbocycles. The SMILES string of the molecule is c1ccc(CCc2ccc(OCOC3CCC4CCCCC4C3)cc2)cc1. The largest absolute Gasteiger partial charge is 0.468 e. The highest BCUT2D eigenvalue weighted by atomic mass is 16.7. The molecule has 0 spiro atoms. The van der Waals surface area contributed by atoms with Gasteiger partial charge in [-0.15, -0.1) is 0 Å². The summed E-state index contributed by atoms with van der Waals surface area (Å²) in [4.78, 5) is 0. The second-order valence-electron chi connectivity index (χ2n) is 8.30. The van der Waals surface area contributed by atoms with Gasteiger partial charge in [0.1, 0.15) is 5.75 Å². The van der Waals surface area contributed by atoms with Gasteiger partial charge >= 0.3 is 0 Å². The van der Waals surface area contributed by atoms with Crippen molar-refractivity contribution in [1.29, 1.82) is 0 Å². The Bertz CT molecular complexity index is 679. The molecular formula is C25H32O2. The lowest BCUT2D eigenvalue weighted by Crippen LogP contribution is -2.32. The number of hydrogen-bond acceptors (Lipinski definition) is 2. The van der Waals surface area contributed by atoms with Crippen molar-refractivity contribution in [2.45, 2.75) is 63.9 Å². The van der Waals surface area contributed by atoms with Gasteiger partial charge in [0.25, 0.3) is 0 Å². The van der Waals surface area contributed by atoms with Crippen LogP contribution >= 0.6 is 0 Å². The van der Waals surface area contributed by atoms with Crippen molar-refractivity contribution in [3.05, 3.63) is 65.7 Å². The number of benzene rings is 2. The fraction of sp³-hybridized carbons (Fsp3) is 0.520. The molecule has 0 N–H and O–H groups in total. The molecule has 0 amide bonds. The van der Waals surface area contributed by atoms with Crippen LogP contribution < -0.4 is 4.74 Å². The number of rotatable bonds is 7. The molecule has 27 heavy (non-hydrogen) atoms. The Morgan fingerprint density at radius 2 is 1.41 bits per heavy atom. The van der Waals surface area contributed by atoms with Crippen molar-refractivity contribution in [2.75, 3.05) is 6.79 Å². The van der Waals surface area contributed by atoms with Crippen LogP contribution in [-0.2, 0) is 17.6 Å². The molecule has 0 heterocycles. The first kappa shape index (κ1) is 18.6. The maximum Gasteiger partial charge on any atom is 0.189 e. The van der Waals surface area contributed by atoms with Crippen LogP contribution in [0.25, 0.3) is 0 Å². The summed E-state index contributed by atoms with van der Waals surface area (Å²) in [6.45, 7) is 0.380. The van der Waals surface area contributed by atoms with Crippen LogP contribution in [0.5, 0.6) is 5.75 Å². The third-order valence-corrected chi connectivity index (χ3v) is 6.49. The molecule has 0 aromatic heterocycles. The molecule has 3 atom stereocenters. The molecule has 2 aliphatic rings. The van der Waals surface area contributed by atoms with E-state index in [4.69, 9.17) is 9.47 Å². The molecule has 0 saturated heterocycles. The maximum absolute atomic E-state index is 6.05. The maximum atomic E-state index is 6.05. The molecule has 0 aliphatic heterocycles. The van der Waals surface area contributed by atoms with Crippen LogP contribution in [0.2, 0.25) is 0 Å². The summed E-state index contributed by atoms with van der Waals surface area (Å²) in [5.41, 5.74) is 2.74. The lowest BCUT2D eigenvalue weighted by molar-refractivity contribution is -0.0708. The van der Waals surface area contributed by atoms with E-state index in [0.717, 1.165) is 30.4 Å². The van der Waals surface area contributed by atoms with Gasteiger partial charge in [0, 0.05) is 0 Å². The minimum Gasteiger partial charge on any atom is -0.468 e. The minimum atomic E-state index is 0.380. The molecule has 2 aliphatic carbocycles. The zero-order valence-electron chi connectivity index (χ0n) is 16.3. The van der Waals surface area contributed by atoms with Crippen LogP contribution in [0.3, 0.4) is 0 Å². The number of fused-ring (bicyclic) bond motifs is 1. The molecule has 2 aromatic carbocycles. The second kappa shape index (κ2) is 9.41. The number of ether oxygens (including phenoxy) is 2. The first-order valence-electron chi connectivity index (χ1n) is 10.7. The second-order valence-corrected chi connectivity index (χ2v) is 8.30. The molecule has 144 valence electrons. The average molecular weight is 365 g/mol. The molecular weight excluding hydrogens is 332 g/mol. The molecule has 2 nitrogen and oxygen atoms in total. The topological polar surface area (TPSA) is 18.5 Å². The minimum absolute atomic E-state index is 0.380. The first-order valence-corrected chi connectivity index (χ1v) is 10.7. The predicted octanol–water partition coefficient (Wildman–Crippen LogP) is 6.18. The van der Waals surface area contributed by atoms with Gasteiger partial charge in [-0.1, -0.05) is 68.1 Å². The Morgan fingerprint density at radius 3 is 2.19 bits per heavy atom. The summed E-state index contributed by atoms with van der Waals surface area (Å²) >= 11 is 0. The summed E-state index contributed by atoms with van der Waals surface area (Å²) in [5.74, 6) is 2.79. The lowest BCUT2D eigenvalue weighted by atomic mass is 9.70. The third-order valence-electron chi connectivity index (χ3n) is 6.49. The number of aryl methyl sites for hydroxylation is 2. The summed E-state index contributed by atoms with van der Waals surface area (Å²) in [5, 5.41) is 0. The monoisotopic (exact) mass is 364 g/mol. The van der Waals surface area contributed by atoms with E-state index in [1.54, 1.807) is 0 Å². The van der Waals surface area contributed by atoms with Gasteiger partial charge in [-0.2, -0.15) is 0 Å². The first-order chi connectivity index (χ1) is 13.4. The fourth-order valence-corrected chi connectivity index (χ4v) is 4.87. The van der Waals surface area contributed by atoms with E-state index in [0.29, 0.717) is 12.9 Å². The van der Waals surface area contributed by atoms with E-state index in [2.05, 4.69) is 54.6 Å². The molecule has 2 fully saturated rings. The van der Waals surface area contributed by atoms with Gasteiger partial charge in [-0.05, 0) is 67.2 Å². The van der Waals surface area contributed by atoms with Gasteiger partial charge in [-0.25, -0.2) is 0 Å². The van der Waals surface area contributed by atoms with Gasteiger partial charge in [0.15, 0.2) is 6.79 Å². The standard InChI is InChI=1S/C25H32O2/c1-2-6-20(7-3-1)10-11-21-12-15-24(16-13-21)26-19-27-25-17-14-22-8-4-5-9-23(22)18-25/h1-3,6-7,12-13,15-16,22-23,25H,4-5,8-11,14,17-19H2. The van der Waals surface area contributed by atoms with Gasteiger partial charge < -0.3 is 9.47 Å². The van der Waals surface area contributed by atoms with Crippen molar-refractivity contribution in [2.24, 2.45) is 11.8 Å². The molecule has 0 bridgehead atoms. The Labute approximate surface area is 163 Å². The van der Waals surface area contributed by atoms with Gasteiger partial charge in [0.2, 0.25) is 0 Å². The Morgan fingerprint density at radius 1 is 0.704 bits per heavy atom. The number of hydrogen-bond donors (Lipinski definition) is 0. The van der Waals surface area contributed by atoms with E-state index in [1.165, 1.54) is 56.1 Å². The highest BCUT2D eigenvalue weighted by Crippen LogP contribution is 2.41. The normalized spacial score (nSPS) is 25.0. The molecule has 2 heteroatoms. The van der Waals surface area contributed by atoms with Crippen LogP contribution in [-0.4, -0.2) is 12.9 Å². The lowest BCUT2D eigenvalue weighted by Gasteiger charge is -2.39. The Balaban J connectivity index is 1.18. The van der Waals surface area contributed by atoms with Gasteiger partial charge in [-0.3, -0.25) is 0 Å². The summed E-state index contributed by atoms with van der Waals surface area (Å²) < 4.78 is 11.9. The predicted molar refractivity (Wildman–Crippen MR) is 110 cm³/mol. The van der Waals surface area contributed by atoms with E-state index in [-0.39, 0.29) is 0 Å². The third kappa shape index (κ3) is 5.35. The summed E-state index contributed by atoms with van der Waals surface area (Å²) in [7, 11) is 0. The zero-order valence-corrected chi connectivity index (χ0v) is 16.3. The molecule has 2 aromatic rings. The fourth-order valence-electron chi connectivity index (χ4n) is 4.87.